The van der Waals surface area contributed by atoms with Crippen LogP contribution in [0.5, 0.6) is 5.75 Å². The highest BCUT2D eigenvalue weighted by Gasteiger charge is 2.14. The Balaban J connectivity index is 1.97. The van der Waals surface area contributed by atoms with Crippen molar-refractivity contribution >= 4 is 5.69 Å². The van der Waals surface area contributed by atoms with Crippen LogP contribution < -0.4 is 10.1 Å². The summed E-state index contributed by atoms with van der Waals surface area (Å²) in [6.45, 7) is 6.83. The molecule has 1 aromatic carbocycles. The normalized spacial score (nSPS) is 20.1. The molecule has 0 aromatic heterocycles. The predicted octanol–water partition coefficient (Wildman–Crippen LogP) is 3.70. The molecular weight excluding hydrogens is 238 g/mol. The molecule has 1 atom stereocenters. The lowest BCUT2D eigenvalue weighted by molar-refractivity contribution is 0.144. The second-order valence-corrected chi connectivity index (χ2v) is 5.59. The lowest BCUT2D eigenvalue weighted by atomic mass is 10.1. The summed E-state index contributed by atoms with van der Waals surface area (Å²) in [5.74, 6) is 1.50. The largest absolute Gasteiger partial charge is 0.491 e. The second-order valence-electron chi connectivity index (χ2n) is 5.59. The van der Waals surface area contributed by atoms with Gasteiger partial charge in [-0.05, 0) is 37.3 Å². The van der Waals surface area contributed by atoms with Gasteiger partial charge >= 0.3 is 0 Å². The highest BCUT2D eigenvalue weighted by atomic mass is 16.5. The first-order chi connectivity index (χ1) is 9.25. The van der Waals surface area contributed by atoms with E-state index in [1.165, 1.54) is 6.42 Å². The summed E-state index contributed by atoms with van der Waals surface area (Å²) in [6, 6.07) is 8.71. The molecule has 1 unspecified atom stereocenters. The number of rotatable bonds is 5. The van der Waals surface area contributed by atoms with E-state index in [0.717, 1.165) is 44.1 Å². The lowest BCUT2D eigenvalue weighted by Crippen LogP contribution is -2.20. The van der Waals surface area contributed by atoms with Gasteiger partial charge in [0.2, 0.25) is 0 Å². The third-order valence-corrected chi connectivity index (χ3v) is 3.27. The highest BCUT2D eigenvalue weighted by Crippen LogP contribution is 2.26. The Morgan fingerprint density at radius 1 is 1.26 bits per heavy atom. The van der Waals surface area contributed by atoms with E-state index in [9.17, 15) is 0 Å². The zero-order valence-electron chi connectivity index (χ0n) is 12.0. The summed E-state index contributed by atoms with van der Waals surface area (Å²) in [6.07, 6.45) is 3.36. The van der Waals surface area contributed by atoms with Gasteiger partial charge in [-0.3, -0.25) is 0 Å². The molecule has 1 heterocycles. The molecule has 19 heavy (non-hydrogen) atoms. The predicted molar refractivity (Wildman–Crippen MR) is 78.9 cm³/mol. The summed E-state index contributed by atoms with van der Waals surface area (Å²) >= 11 is 0. The molecule has 1 fully saturated rings. The number of nitrogens with one attached hydrogen (secondary N) is 1. The zero-order chi connectivity index (χ0) is 13.5. The Labute approximate surface area is 116 Å². The van der Waals surface area contributed by atoms with E-state index in [4.69, 9.17) is 9.47 Å². The average molecular weight is 263 g/mol. The van der Waals surface area contributed by atoms with E-state index >= 15 is 0 Å². The molecule has 1 N–H and O–H groups in total. The van der Waals surface area contributed by atoms with Crippen LogP contribution in [0.4, 0.5) is 5.69 Å². The fraction of sp³-hybridized carbons (Fsp3) is 0.625. The van der Waals surface area contributed by atoms with Gasteiger partial charge in [-0.1, -0.05) is 26.0 Å². The smallest absolute Gasteiger partial charge is 0.142 e. The van der Waals surface area contributed by atoms with E-state index in [2.05, 4.69) is 31.3 Å². The maximum absolute atomic E-state index is 5.88. The van der Waals surface area contributed by atoms with Crippen molar-refractivity contribution in [2.75, 3.05) is 25.1 Å². The van der Waals surface area contributed by atoms with E-state index in [-0.39, 0.29) is 0 Å². The van der Waals surface area contributed by atoms with Crippen LogP contribution in [0.15, 0.2) is 24.3 Å². The fourth-order valence-corrected chi connectivity index (χ4v) is 2.24. The van der Waals surface area contributed by atoms with Crippen LogP contribution >= 0.6 is 0 Å². The molecule has 106 valence electrons. The van der Waals surface area contributed by atoms with Crippen molar-refractivity contribution in [1.29, 1.82) is 0 Å². The van der Waals surface area contributed by atoms with E-state index in [0.29, 0.717) is 12.0 Å². The number of para-hydroxylation sites is 2. The standard InChI is InChI=1S/C16H25NO2/c1-13(2)12-19-16-8-4-3-7-15(16)17-14-6-5-10-18-11-9-14/h3-4,7-8,13-14,17H,5-6,9-12H2,1-2H3. The number of hydrogen-bond donors (Lipinski definition) is 1. The third kappa shape index (κ3) is 4.75. The first kappa shape index (κ1) is 14.2. The Hall–Kier alpha value is -1.22. The number of benzene rings is 1. The molecule has 3 nitrogen and oxygen atoms in total. The molecule has 0 saturated carbocycles. The third-order valence-electron chi connectivity index (χ3n) is 3.27. The van der Waals surface area contributed by atoms with Gasteiger partial charge in [-0.15, -0.1) is 0 Å². The van der Waals surface area contributed by atoms with Crippen LogP contribution in [-0.2, 0) is 4.74 Å². The molecule has 1 aliphatic rings. The van der Waals surface area contributed by atoms with Crippen LogP contribution in [0.1, 0.15) is 33.1 Å². The molecule has 0 bridgehead atoms. The molecule has 3 heteroatoms. The number of ether oxygens (including phenoxy) is 2. The van der Waals surface area contributed by atoms with E-state index < -0.39 is 0 Å². The van der Waals surface area contributed by atoms with Gasteiger partial charge in [0, 0.05) is 19.3 Å². The van der Waals surface area contributed by atoms with Gasteiger partial charge in [0.1, 0.15) is 5.75 Å². The van der Waals surface area contributed by atoms with Gasteiger partial charge in [0.15, 0.2) is 0 Å². The topological polar surface area (TPSA) is 30.5 Å². The van der Waals surface area contributed by atoms with E-state index in [1.807, 2.05) is 12.1 Å². The maximum atomic E-state index is 5.88. The Morgan fingerprint density at radius 2 is 2.11 bits per heavy atom. The zero-order valence-corrected chi connectivity index (χ0v) is 12.0. The van der Waals surface area contributed by atoms with Crippen molar-refractivity contribution in [2.45, 2.75) is 39.2 Å². The van der Waals surface area contributed by atoms with Crippen LogP contribution in [-0.4, -0.2) is 25.9 Å². The van der Waals surface area contributed by atoms with Gasteiger partial charge in [-0.25, -0.2) is 0 Å². The van der Waals surface area contributed by atoms with Gasteiger partial charge < -0.3 is 14.8 Å². The minimum atomic E-state index is 0.492. The Morgan fingerprint density at radius 3 is 2.95 bits per heavy atom. The van der Waals surface area contributed by atoms with Crippen molar-refractivity contribution in [3.8, 4) is 5.75 Å². The molecule has 2 rings (SSSR count). The quantitative estimate of drug-likeness (QED) is 0.878. The molecule has 1 aliphatic heterocycles. The van der Waals surface area contributed by atoms with Crippen molar-refractivity contribution in [3.63, 3.8) is 0 Å². The second kappa shape index (κ2) is 7.39. The van der Waals surface area contributed by atoms with Crippen LogP contribution in [0.3, 0.4) is 0 Å². The first-order valence-electron chi connectivity index (χ1n) is 7.32. The molecule has 0 radical (unpaired) electrons. The molecule has 0 spiro atoms. The Bertz CT molecular complexity index is 371. The molecule has 1 aromatic rings. The highest BCUT2D eigenvalue weighted by molar-refractivity contribution is 5.56. The summed E-state index contributed by atoms with van der Waals surface area (Å²) in [5, 5.41) is 3.61. The minimum Gasteiger partial charge on any atom is -0.491 e. The molecule has 1 saturated heterocycles. The summed E-state index contributed by atoms with van der Waals surface area (Å²) < 4.78 is 11.4. The van der Waals surface area contributed by atoms with E-state index in [1.54, 1.807) is 0 Å². The first-order valence-corrected chi connectivity index (χ1v) is 7.32. The van der Waals surface area contributed by atoms with Crippen molar-refractivity contribution in [3.05, 3.63) is 24.3 Å². The maximum Gasteiger partial charge on any atom is 0.142 e. The van der Waals surface area contributed by atoms with Crippen LogP contribution in [0, 0.1) is 5.92 Å². The van der Waals surface area contributed by atoms with Crippen LogP contribution in [0.25, 0.3) is 0 Å². The molecular formula is C16H25NO2. The minimum absolute atomic E-state index is 0.492. The van der Waals surface area contributed by atoms with Gasteiger partial charge in [0.25, 0.3) is 0 Å². The summed E-state index contributed by atoms with van der Waals surface area (Å²) in [5.41, 5.74) is 1.11. The van der Waals surface area contributed by atoms with Crippen molar-refractivity contribution in [2.24, 2.45) is 5.92 Å². The average Bonchev–Trinajstić information content (AvgIpc) is 2.66. The van der Waals surface area contributed by atoms with Crippen molar-refractivity contribution < 1.29 is 9.47 Å². The number of hydrogen-bond acceptors (Lipinski definition) is 3. The summed E-state index contributed by atoms with van der Waals surface area (Å²) in [7, 11) is 0. The van der Waals surface area contributed by atoms with Crippen LogP contribution in [0.2, 0.25) is 0 Å². The van der Waals surface area contributed by atoms with Crippen molar-refractivity contribution in [1.82, 2.24) is 0 Å². The fourth-order valence-electron chi connectivity index (χ4n) is 2.24. The van der Waals surface area contributed by atoms with Gasteiger partial charge in [-0.2, -0.15) is 0 Å². The summed E-state index contributed by atoms with van der Waals surface area (Å²) in [4.78, 5) is 0. The number of anilines is 1. The molecule has 0 aliphatic carbocycles. The van der Waals surface area contributed by atoms with Gasteiger partial charge in [0.05, 0.1) is 12.3 Å². The SMILES string of the molecule is CC(C)COc1ccccc1NC1CCCOCC1. The lowest BCUT2D eigenvalue weighted by Gasteiger charge is -2.20. The molecule has 0 amide bonds. The monoisotopic (exact) mass is 263 g/mol. The Kier molecular flexibility index (Phi) is 5.52.